The SMILES string of the molecule is CC(C)(C)c1ccc2c3ccc(-c4cccc5c4nc(-c4cccc6c4[n-]c4cc7c(cc46)oc4ccccc47)n5-c4ccccc4)[c-]c3n(-c3ccccn3)c2c1.[Pt+2]. The van der Waals surface area contributed by atoms with Crippen LogP contribution in [0.4, 0.5) is 0 Å². The summed E-state index contributed by atoms with van der Waals surface area (Å²) in [6.07, 6.45) is 1.85. The molecule has 12 aromatic rings. The van der Waals surface area contributed by atoms with E-state index in [-0.39, 0.29) is 26.5 Å². The Hall–Kier alpha value is -6.75. The summed E-state index contributed by atoms with van der Waals surface area (Å²) >= 11 is 0. The smallest absolute Gasteiger partial charge is 0.656 e. The molecule has 7 aromatic carbocycles. The predicted molar refractivity (Wildman–Crippen MR) is 237 cm³/mol. The van der Waals surface area contributed by atoms with Gasteiger partial charge in [0.1, 0.15) is 22.8 Å². The summed E-state index contributed by atoms with van der Waals surface area (Å²) in [6, 6.07) is 57.0. The van der Waals surface area contributed by atoms with Crippen LogP contribution >= 0.6 is 0 Å². The average Bonchev–Trinajstić information content (AvgIpc) is 4.01. The van der Waals surface area contributed by atoms with Crippen LogP contribution in [-0.4, -0.2) is 19.1 Å². The number of nitrogens with zero attached hydrogens (tertiary/aromatic N) is 5. The van der Waals surface area contributed by atoms with Gasteiger partial charge < -0.3 is 14.0 Å². The second-order valence-electron chi connectivity index (χ2n) is 16.2. The summed E-state index contributed by atoms with van der Waals surface area (Å²) < 4.78 is 10.8. The van der Waals surface area contributed by atoms with Crippen molar-refractivity contribution in [3.8, 4) is 34.0 Å². The summed E-state index contributed by atoms with van der Waals surface area (Å²) in [5, 5.41) is 6.60. The number of rotatable bonds is 4. The Kier molecular flexibility index (Phi) is 7.88. The second-order valence-corrected chi connectivity index (χ2v) is 16.2. The van der Waals surface area contributed by atoms with Gasteiger partial charge >= 0.3 is 21.1 Å². The number of aromatic nitrogens is 5. The number of benzene rings is 7. The molecule has 0 radical (unpaired) electrons. The van der Waals surface area contributed by atoms with Gasteiger partial charge in [0, 0.05) is 33.7 Å². The number of pyridine rings is 1. The van der Waals surface area contributed by atoms with Crippen molar-refractivity contribution >= 4 is 76.6 Å². The molecular weight excluding hydrogens is 906 g/mol. The van der Waals surface area contributed by atoms with E-state index in [1.807, 2.05) is 30.5 Å². The first kappa shape index (κ1) is 35.4. The number of furan rings is 1. The Labute approximate surface area is 354 Å². The normalized spacial score (nSPS) is 12.2. The molecular formula is C52H35N5OPt. The number of hydrogen-bond donors (Lipinski definition) is 0. The van der Waals surface area contributed by atoms with Gasteiger partial charge in [-0.3, -0.25) is 4.57 Å². The van der Waals surface area contributed by atoms with Crippen molar-refractivity contribution in [1.29, 1.82) is 0 Å². The third-order valence-electron chi connectivity index (χ3n) is 11.7. The van der Waals surface area contributed by atoms with Crippen molar-refractivity contribution < 1.29 is 25.5 Å². The molecule has 0 aliphatic carbocycles. The number of fused-ring (bicyclic) bond motifs is 10. The first-order valence-electron chi connectivity index (χ1n) is 19.7. The van der Waals surface area contributed by atoms with Crippen molar-refractivity contribution in [3.63, 3.8) is 0 Å². The third-order valence-corrected chi connectivity index (χ3v) is 11.7. The van der Waals surface area contributed by atoms with E-state index < -0.39 is 0 Å². The standard InChI is InChI=1S/C52H35N5O.Pt/c1-52(2,3)32-23-25-36-35-24-22-31(27-44(35)57(45(36)28-32)48-21-9-10-26-53-48)34-16-12-19-43-50(34)55-51(56(43)33-13-5-4-6-14-33)39-18-11-17-38-40-30-47-41(29-42(40)54-49(38)39)37-15-7-8-20-46(37)58-47;/h4-26,28-30H,1-3H3;/q-2;+2. The van der Waals surface area contributed by atoms with Crippen LogP contribution in [0.1, 0.15) is 26.3 Å². The van der Waals surface area contributed by atoms with Crippen LogP contribution in [0.5, 0.6) is 0 Å². The van der Waals surface area contributed by atoms with Crippen LogP contribution in [-0.2, 0) is 26.5 Å². The minimum atomic E-state index is -0.00492. The van der Waals surface area contributed by atoms with E-state index in [1.54, 1.807) is 0 Å². The van der Waals surface area contributed by atoms with Crippen LogP contribution in [0.3, 0.4) is 0 Å². The van der Waals surface area contributed by atoms with Gasteiger partial charge in [-0.1, -0.05) is 123 Å². The van der Waals surface area contributed by atoms with Crippen molar-refractivity contribution in [1.82, 2.24) is 24.1 Å². The molecule has 0 fully saturated rings. The van der Waals surface area contributed by atoms with Gasteiger partial charge in [-0.2, -0.15) is 0 Å². The summed E-state index contributed by atoms with van der Waals surface area (Å²) in [4.78, 5) is 15.7. The number of hydrogen-bond acceptors (Lipinski definition) is 3. The molecule has 0 saturated carbocycles. The fourth-order valence-electron chi connectivity index (χ4n) is 8.87. The van der Waals surface area contributed by atoms with E-state index >= 15 is 0 Å². The molecule has 0 unspecified atom stereocenters. The van der Waals surface area contributed by atoms with E-state index in [9.17, 15) is 0 Å². The Bertz CT molecular complexity index is 3600. The summed E-state index contributed by atoms with van der Waals surface area (Å²) in [5.41, 5.74) is 12.8. The minimum Gasteiger partial charge on any atom is -0.656 e. The molecule has 284 valence electrons. The van der Waals surface area contributed by atoms with Crippen LogP contribution < -0.4 is 4.98 Å². The molecule has 6 nitrogen and oxygen atoms in total. The predicted octanol–water partition coefficient (Wildman–Crippen LogP) is 13.1. The van der Waals surface area contributed by atoms with Gasteiger partial charge in [-0.25, -0.2) is 9.97 Å². The largest absolute Gasteiger partial charge is 2.00 e. The minimum absolute atomic E-state index is 0. The van der Waals surface area contributed by atoms with E-state index in [0.29, 0.717) is 0 Å². The maximum atomic E-state index is 6.31. The first-order valence-corrected chi connectivity index (χ1v) is 19.7. The molecule has 59 heavy (non-hydrogen) atoms. The van der Waals surface area contributed by atoms with Gasteiger partial charge in [0.2, 0.25) is 0 Å². The fraction of sp³-hybridized carbons (Fsp3) is 0.0769. The van der Waals surface area contributed by atoms with Crippen molar-refractivity contribution in [3.05, 3.63) is 169 Å². The van der Waals surface area contributed by atoms with Crippen molar-refractivity contribution in [2.24, 2.45) is 0 Å². The molecule has 0 aliphatic rings. The Morgan fingerprint density at radius 2 is 1.37 bits per heavy atom. The van der Waals surface area contributed by atoms with Gasteiger partial charge in [0.05, 0.1) is 11.0 Å². The van der Waals surface area contributed by atoms with E-state index in [1.165, 1.54) is 10.9 Å². The Morgan fingerprint density at radius 3 is 2.22 bits per heavy atom. The van der Waals surface area contributed by atoms with Crippen LogP contribution in [0.25, 0.3) is 111 Å². The second kappa shape index (κ2) is 13.1. The molecule has 0 spiro atoms. The van der Waals surface area contributed by atoms with Gasteiger partial charge in [0.25, 0.3) is 0 Å². The molecule has 12 rings (SSSR count). The molecule has 0 saturated heterocycles. The number of imidazole rings is 1. The Balaban J connectivity index is 0.00000397. The maximum absolute atomic E-state index is 6.31. The first-order chi connectivity index (χ1) is 28.4. The average molecular weight is 941 g/mol. The van der Waals surface area contributed by atoms with E-state index in [2.05, 4.69) is 163 Å². The molecule has 0 amide bonds. The van der Waals surface area contributed by atoms with Gasteiger partial charge in [-0.05, 0) is 81.2 Å². The quantitative estimate of drug-likeness (QED) is 0.165. The maximum Gasteiger partial charge on any atom is 2.00 e. The molecule has 0 N–H and O–H groups in total. The third kappa shape index (κ3) is 5.36. The molecule has 0 aliphatic heterocycles. The monoisotopic (exact) mass is 940 g/mol. The van der Waals surface area contributed by atoms with Gasteiger partial charge in [0.15, 0.2) is 0 Å². The van der Waals surface area contributed by atoms with Crippen molar-refractivity contribution in [2.75, 3.05) is 0 Å². The van der Waals surface area contributed by atoms with Gasteiger partial charge in [-0.15, -0.1) is 34.8 Å². The molecule has 7 heteroatoms. The molecule has 0 atom stereocenters. The zero-order chi connectivity index (χ0) is 38.7. The van der Waals surface area contributed by atoms with Crippen molar-refractivity contribution in [2.45, 2.75) is 26.2 Å². The molecule has 5 aromatic heterocycles. The zero-order valence-electron chi connectivity index (χ0n) is 32.5. The molecule has 5 heterocycles. The van der Waals surface area contributed by atoms with E-state index in [4.69, 9.17) is 19.4 Å². The summed E-state index contributed by atoms with van der Waals surface area (Å²) in [5.74, 6) is 1.69. The van der Waals surface area contributed by atoms with Crippen LogP contribution in [0.15, 0.2) is 162 Å². The Morgan fingerprint density at radius 1 is 0.593 bits per heavy atom. The topological polar surface area (TPSA) is 62.9 Å². The molecule has 0 bridgehead atoms. The number of para-hydroxylation sites is 4. The van der Waals surface area contributed by atoms with Crippen LogP contribution in [0, 0.1) is 6.07 Å². The van der Waals surface area contributed by atoms with Crippen LogP contribution in [0.2, 0.25) is 0 Å². The summed E-state index contributed by atoms with van der Waals surface area (Å²) in [6.45, 7) is 6.77. The fourth-order valence-corrected chi connectivity index (χ4v) is 8.87. The van der Waals surface area contributed by atoms with E-state index in [0.717, 1.165) is 105 Å². The zero-order valence-corrected chi connectivity index (χ0v) is 34.7. The summed E-state index contributed by atoms with van der Waals surface area (Å²) in [7, 11) is 0.